The first-order valence-electron chi connectivity index (χ1n) is 6.95. The number of nitrogens with zero attached hydrogens (tertiary/aromatic N) is 1. The Hall–Kier alpha value is -1.11. The summed E-state index contributed by atoms with van der Waals surface area (Å²) in [5.74, 6) is 0.114. The molecule has 7 heteroatoms. The molecule has 116 valence electrons. The van der Waals surface area contributed by atoms with Crippen LogP contribution in [0.4, 0.5) is 0 Å². The molecule has 0 aliphatic carbocycles. The molecule has 0 bridgehead atoms. The van der Waals surface area contributed by atoms with E-state index in [0.29, 0.717) is 19.0 Å². The highest BCUT2D eigenvalue weighted by Crippen LogP contribution is 2.28. The molecule has 0 aromatic heterocycles. The van der Waals surface area contributed by atoms with Gasteiger partial charge in [0.2, 0.25) is 10.0 Å². The predicted molar refractivity (Wildman–Crippen MR) is 81.7 cm³/mol. The minimum absolute atomic E-state index is 0.0150. The highest BCUT2D eigenvalue weighted by molar-refractivity contribution is 7.89. The molecule has 2 rings (SSSR count). The van der Waals surface area contributed by atoms with Crippen LogP contribution in [-0.4, -0.2) is 32.3 Å². The summed E-state index contributed by atoms with van der Waals surface area (Å²) in [6, 6.07) is 4.29. The summed E-state index contributed by atoms with van der Waals surface area (Å²) in [5, 5.41) is 5.30. The third-order valence-corrected chi connectivity index (χ3v) is 5.03. The van der Waals surface area contributed by atoms with E-state index in [9.17, 15) is 13.2 Å². The van der Waals surface area contributed by atoms with Crippen LogP contribution in [-0.2, 0) is 10.0 Å². The van der Waals surface area contributed by atoms with E-state index >= 15 is 0 Å². The second kappa shape index (κ2) is 6.34. The number of carbonyl (C=O) groups is 1. The van der Waals surface area contributed by atoms with Crippen LogP contribution in [0.25, 0.3) is 0 Å². The maximum absolute atomic E-state index is 12.6. The lowest BCUT2D eigenvalue weighted by Gasteiger charge is -2.19. The van der Waals surface area contributed by atoms with Crippen LogP contribution in [0.2, 0.25) is 5.02 Å². The molecule has 1 fully saturated rings. The number of sulfonamides is 1. The van der Waals surface area contributed by atoms with Gasteiger partial charge in [-0.25, -0.2) is 13.6 Å². The van der Waals surface area contributed by atoms with Crippen LogP contribution in [0.15, 0.2) is 23.1 Å². The van der Waals surface area contributed by atoms with Crippen LogP contribution in [0.3, 0.4) is 0 Å². The van der Waals surface area contributed by atoms with Gasteiger partial charge in [-0.15, -0.1) is 0 Å². The monoisotopic (exact) mass is 330 g/mol. The molecule has 1 aliphatic rings. The second-order valence-corrected chi connectivity index (χ2v) is 7.29. The van der Waals surface area contributed by atoms with Gasteiger partial charge >= 0.3 is 0 Å². The van der Waals surface area contributed by atoms with E-state index in [1.807, 2.05) is 0 Å². The van der Waals surface area contributed by atoms with Crippen LogP contribution in [0.5, 0.6) is 0 Å². The molecule has 1 heterocycles. The zero-order valence-corrected chi connectivity index (χ0v) is 13.5. The van der Waals surface area contributed by atoms with Crippen molar-refractivity contribution in [3.05, 3.63) is 28.8 Å². The minimum atomic E-state index is -3.99. The Labute approximate surface area is 130 Å². The number of benzene rings is 1. The normalized spacial score (nSPS) is 19.0. The van der Waals surface area contributed by atoms with Gasteiger partial charge in [0.15, 0.2) is 0 Å². The molecular weight excluding hydrogens is 312 g/mol. The molecule has 1 unspecified atom stereocenters. The highest BCUT2D eigenvalue weighted by Gasteiger charge is 2.30. The third-order valence-electron chi connectivity index (χ3n) is 3.77. The summed E-state index contributed by atoms with van der Waals surface area (Å²) < 4.78 is 23.3. The van der Waals surface area contributed by atoms with Crippen molar-refractivity contribution in [1.82, 2.24) is 4.90 Å². The SMILES string of the molecule is CCCC1CCN(C(=O)c2c(Cl)cccc2S(N)(=O)=O)C1. The number of amides is 1. The summed E-state index contributed by atoms with van der Waals surface area (Å²) in [6.07, 6.45) is 3.07. The van der Waals surface area contributed by atoms with Gasteiger partial charge in [-0.2, -0.15) is 0 Å². The van der Waals surface area contributed by atoms with Gasteiger partial charge in [0.1, 0.15) is 0 Å². The highest BCUT2D eigenvalue weighted by atomic mass is 35.5. The molecule has 0 spiro atoms. The summed E-state index contributed by atoms with van der Waals surface area (Å²) in [7, 11) is -3.99. The first-order valence-corrected chi connectivity index (χ1v) is 8.87. The van der Waals surface area contributed by atoms with E-state index in [0.717, 1.165) is 19.3 Å². The fraction of sp³-hybridized carbons (Fsp3) is 0.500. The molecule has 0 saturated carbocycles. The first kappa shape index (κ1) is 16.3. The predicted octanol–water partition coefficient (Wildman–Crippen LogP) is 2.25. The summed E-state index contributed by atoms with van der Waals surface area (Å²) in [6.45, 7) is 3.37. The third kappa shape index (κ3) is 3.56. The number of nitrogens with two attached hydrogens (primary N) is 1. The summed E-state index contributed by atoms with van der Waals surface area (Å²) in [4.78, 5) is 14.1. The van der Waals surface area contributed by atoms with E-state index in [4.69, 9.17) is 16.7 Å². The molecule has 1 aromatic carbocycles. The van der Waals surface area contributed by atoms with E-state index in [1.165, 1.54) is 18.2 Å². The average Bonchev–Trinajstić information content (AvgIpc) is 2.86. The number of hydrogen-bond acceptors (Lipinski definition) is 3. The van der Waals surface area contributed by atoms with Crippen molar-refractivity contribution in [1.29, 1.82) is 0 Å². The minimum Gasteiger partial charge on any atom is -0.338 e. The molecule has 5 nitrogen and oxygen atoms in total. The fourth-order valence-corrected chi connectivity index (χ4v) is 3.83. The van der Waals surface area contributed by atoms with Gasteiger partial charge in [-0.1, -0.05) is 31.0 Å². The topological polar surface area (TPSA) is 80.5 Å². The summed E-state index contributed by atoms with van der Waals surface area (Å²) in [5.41, 5.74) is -0.0150. The summed E-state index contributed by atoms with van der Waals surface area (Å²) >= 11 is 6.04. The number of likely N-dealkylation sites (tertiary alicyclic amines) is 1. The largest absolute Gasteiger partial charge is 0.338 e. The van der Waals surface area contributed by atoms with Crippen molar-refractivity contribution < 1.29 is 13.2 Å². The van der Waals surface area contributed by atoms with Gasteiger partial charge in [-0.05, 0) is 30.9 Å². The lowest BCUT2D eigenvalue weighted by atomic mass is 10.0. The first-order chi connectivity index (χ1) is 9.84. The van der Waals surface area contributed by atoms with Gasteiger partial charge in [-0.3, -0.25) is 4.79 Å². The van der Waals surface area contributed by atoms with Crippen LogP contribution in [0.1, 0.15) is 36.5 Å². The Kier molecular flexibility index (Phi) is 4.91. The quantitative estimate of drug-likeness (QED) is 0.919. The number of carbonyl (C=O) groups excluding carboxylic acids is 1. The van der Waals surface area contributed by atoms with Gasteiger partial charge in [0, 0.05) is 13.1 Å². The van der Waals surface area contributed by atoms with Gasteiger partial charge in [0.25, 0.3) is 5.91 Å². The standard InChI is InChI=1S/C14H19ClN2O3S/c1-2-4-10-7-8-17(9-10)14(18)13-11(15)5-3-6-12(13)21(16,19)20/h3,5-6,10H,2,4,7-9H2,1H3,(H2,16,19,20). The van der Waals surface area contributed by atoms with Crippen molar-refractivity contribution in [2.45, 2.75) is 31.1 Å². The molecule has 1 amide bonds. The fourth-order valence-electron chi connectivity index (χ4n) is 2.77. The van der Waals surface area contributed by atoms with E-state index in [2.05, 4.69) is 6.92 Å². The molecular formula is C14H19ClN2O3S. The van der Waals surface area contributed by atoms with Gasteiger partial charge in [0.05, 0.1) is 15.5 Å². The molecule has 1 aromatic rings. The molecule has 1 atom stereocenters. The lowest BCUT2D eigenvalue weighted by molar-refractivity contribution is 0.0783. The second-order valence-electron chi connectivity index (χ2n) is 5.35. The molecule has 1 saturated heterocycles. The number of rotatable bonds is 4. The van der Waals surface area contributed by atoms with Crippen molar-refractivity contribution >= 4 is 27.5 Å². The average molecular weight is 331 g/mol. The maximum atomic E-state index is 12.6. The van der Waals surface area contributed by atoms with Crippen molar-refractivity contribution in [2.75, 3.05) is 13.1 Å². The zero-order valence-electron chi connectivity index (χ0n) is 11.9. The molecule has 21 heavy (non-hydrogen) atoms. The smallest absolute Gasteiger partial charge is 0.256 e. The van der Waals surface area contributed by atoms with E-state index in [1.54, 1.807) is 4.90 Å². The molecule has 2 N–H and O–H groups in total. The van der Waals surface area contributed by atoms with Crippen LogP contribution in [0, 0.1) is 5.92 Å². The van der Waals surface area contributed by atoms with Crippen molar-refractivity contribution in [3.8, 4) is 0 Å². The Bertz CT molecular complexity index is 646. The van der Waals surface area contributed by atoms with Crippen molar-refractivity contribution in [3.63, 3.8) is 0 Å². The zero-order chi connectivity index (χ0) is 15.6. The Morgan fingerprint density at radius 2 is 2.19 bits per heavy atom. The maximum Gasteiger partial charge on any atom is 0.256 e. The molecule has 1 aliphatic heterocycles. The number of primary sulfonamides is 1. The van der Waals surface area contributed by atoms with Crippen molar-refractivity contribution in [2.24, 2.45) is 11.1 Å². The van der Waals surface area contributed by atoms with Crippen LogP contribution < -0.4 is 5.14 Å². The lowest BCUT2D eigenvalue weighted by Crippen LogP contribution is -2.31. The number of halogens is 1. The Balaban J connectivity index is 2.32. The molecule has 0 radical (unpaired) electrons. The Morgan fingerprint density at radius 3 is 2.81 bits per heavy atom. The van der Waals surface area contributed by atoms with Crippen LogP contribution >= 0.6 is 11.6 Å². The van der Waals surface area contributed by atoms with Gasteiger partial charge < -0.3 is 4.90 Å². The van der Waals surface area contributed by atoms with E-state index < -0.39 is 10.0 Å². The van der Waals surface area contributed by atoms with E-state index in [-0.39, 0.29) is 21.4 Å². The Morgan fingerprint density at radius 1 is 1.48 bits per heavy atom. The number of hydrogen-bond donors (Lipinski definition) is 1.